The van der Waals surface area contributed by atoms with Gasteiger partial charge in [-0.15, -0.1) is 0 Å². The first kappa shape index (κ1) is 36.6. The monoisotopic (exact) mass is 767 g/mol. The van der Waals surface area contributed by atoms with Crippen LogP contribution in [0.2, 0.25) is 0 Å². The van der Waals surface area contributed by atoms with E-state index in [-0.39, 0.29) is 24.3 Å². The van der Waals surface area contributed by atoms with Crippen molar-refractivity contribution in [1.29, 1.82) is 0 Å². The van der Waals surface area contributed by atoms with Crippen LogP contribution in [0.25, 0.3) is 44.7 Å². The number of carbonyl (C=O) groups excluding carboxylic acids is 2. The zero-order valence-electron chi connectivity index (χ0n) is 33.3. The van der Waals surface area contributed by atoms with E-state index >= 15 is 0 Å². The Morgan fingerprint density at radius 1 is 0.719 bits per heavy atom. The van der Waals surface area contributed by atoms with E-state index in [2.05, 4.69) is 69.1 Å². The number of aromatic nitrogens is 5. The Bertz CT molecular complexity index is 2470. The van der Waals surface area contributed by atoms with Crippen LogP contribution in [0.15, 0.2) is 85.2 Å². The third-order valence-electron chi connectivity index (χ3n) is 10.9. The van der Waals surface area contributed by atoms with E-state index in [4.69, 9.17) is 24.2 Å². The fourth-order valence-electron chi connectivity index (χ4n) is 8.36. The first-order chi connectivity index (χ1) is 27.3. The van der Waals surface area contributed by atoms with Gasteiger partial charge in [0.15, 0.2) is 0 Å². The third-order valence-corrected chi connectivity index (χ3v) is 10.9. The lowest BCUT2D eigenvalue weighted by molar-refractivity contribution is 0.0208. The summed E-state index contributed by atoms with van der Waals surface area (Å²) >= 11 is 0. The van der Waals surface area contributed by atoms with Crippen molar-refractivity contribution >= 4 is 23.1 Å². The quantitative estimate of drug-likeness (QED) is 0.179. The van der Waals surface area contributed by atoms with Gasteiger partial charge in [-0.1, -0.05) is 42.5 Å². The molecule has 2 amide bonds. The van der Waals surface area contributed by atoms with Crippen molar-refractivity contribution in [3.63, 3.8) is 0 Å². The van der Waals surface area contributed by atoms with E-state index in [0.717, 1.165) is 93.3 Å². The first-order valence-electron chi connectivity index (χ1n) is 19.9. The Labute approximate surface area is 332 Å². The molecule has 1 unspecified atom stereocenters. The molecule has 0 spiro atoms. The maximum absolute atomic E-state index is 13.0. The molecule has 6 aromatic rings. The Balaban J connectivity index is 1.03. The highest BCUT2D eigenvalue weighted by Crippen LogP contribution is 2.46. The molecule has 3 aromatic carbocycles. The summed E-state index contributed by atoms with van der Waals surface area (Å²) in [7, 11) is 0. The number of fused-ring (bicyclic) bond motifs is 5. The molecule has 2 saturated heterocycles. The third kappa shape index (κ3) is 7.02. The highest BCUT2D eigenvalue weighted by molar-refractivity contribution is 5.92. The molecule has 3 aliphatic heterocycles. The summed E-state index contributed by atoms with van der Waals surface area (Å²) in [6.07, 6.45) is 6.10. The number of hydrogen-bond donors (Lipinski definition) is 2. The van der Waals surface area contributed by atoms with E-state index in [0.29, 0.717) is 13.1 Å². The predicted octanol–water partition coefficient (Wildman–Crippen LogP) is 10.2. The maximum Gasteiger partial charge on any atom is 0.410 e. The lowest BCUT2D eigenvalue weighted by Gasteiger charge is -2.30. The number of benzene rings is 3. The number of carbonyl (C=O) groups is 2. The molecule has 9 rings (SSSR count). The van der Waals surface area contributed by atoms with Gasteiger partial charge in [0.1, 0.15) is 28.6 Å². The molecular formula is C45H49N7O5. The van der Waals surface area contributed by atoms with Crippen molar-refractivity contribution in [3.8, 4) is 39.5 Å². The van der Waals surface area contributed by atoms with Gasteiger partial charge >= 0.3 is 12.2 Å². The van der Waals surface area contributed by atoms with Crippen molar-refractivity contribution in [2.75, 3.05) is 13.1 Å². The highest BCUT2D eigenvalue weighted by Gasteiger charge is 2.37. The number of H-pyrrole nitrogens is 2. The molecule has 0 bridgehead atoms. The average molecular weight is 768 g/mol. The van der Waals surface area contributed by atoms with Crippen LogP contribution in [0.4, 0.5) is 9.59 Å². The summed E-state index contributed by atoms with van der Waals surface area (Å²) < 4.78 is 20.6. The van der Waals surface area contributed by atoms with Crippen LogP contribution in [-0.4, -0.2) is 70.8 Å². The number of aromatic amines is 2. The standard InChI is InChI=1S/C45H49N7O5/c1-44(2,3)56-42(53)50-20-10-14-35(50)39-46-25-32(48-39)28-17-19-34-30(22-28)23-37-31-18-16-29(24-38(31)55-41(52(34)37)27-12-8-7-9-13-27)33-26-47-40(49-33)36-15-11-21-51(36)43(54)57-45(4,5)6/h7-9,12-13,16-19,22-26,35-36,41H,10-11,14-15,20-21H2,1-6H3,(H,46,48)(H,47,49)/t35-,36?,41-/m0/s1. The minimum Gasteiger partial charge on any atom is -0.465 e. The summed E-state index contributed by atoms with van der Waals surface area (Å²) in [5.41, 5.74) is 6.67. The SMILES string of the molecule is CC(C)(C)OC(=O)N1CCCC1c1ncc(-c2ccc3c(c2)O[C@@H](c2ccccc2)n2c-3cc3cc(-c4cnc([C@@H]5CCCN5C(=O)OC(C)(C)C)[nH]4)ccc32)[nH]1. The average Bonchev–Trinajstić information content (AvgIpc) is 4.01. The number of hydrogen-bond acceptors (Lipinski definition) is 7. The molecule has 2 N–H and O–H groups in total. The van der Waals surface area contributed by atoms with Gasteiger partial charge < -0.3 is 28.7 Å². The summed E-state index contributed by atoms with van der Waals surface area (Å²) in [5, 5.41) is 1.07. The highest BCUT2D eigenvalue weighted by atomic mass is 16.6. The number of nitrogens with zero attached hydrogens (tertiary/aromatic N) is 5. The van der Waals surface area contributed by atoms with Gasteiger partial charge in [0.2, 0.25) is 6.23 Å². The molecule has 6 heterocycles. The Kier molecular flexibility index (Phi) is 8.90. The number of ether oxygens (including phenoxy) is 3. The Morgan fingerprint density at radius 3 is 1.86 bits per heavy atom. The lowest BCUT2D eigenvalue weighted by atomic mass is 10.0. The molecule has 3 aromatic heterocycles. The number of rotatable bonds is 5. The summed E-state index contributed by atoms with van der Waals surface area (Å²) in [6, 6.07) is 24.9. The number of amides is 2. The molecule has 0 aliphatic carbocycles. The second kappa shape index (κ2) is 13.9. The van der Waals surface area contributed by atoms with Crippen LogP contribution >= 0.6 is 0 Å². The summed E-state index contributed by atoms with van der Waals surface area (Å²) in [6.45, 7) is 12.6. The zero-order chi connectivity index (χ0) is 39.6. The topological polar surface area (TPSA) is 131 Å². The van der Waals surface area contributed by atoms with Gasteiger partial charge in [-0.2, -0.15) is 0 Å². The molecule has 2 fully saturated rings. The fraction of sp³-hybridized carbons (Fsp3) is 0.378. The summed E-state index contributed by atoms with van der Waals surface area (Å²) in [4.78, 5) is 46.1. The summed E-state index contributed by atoms with van der Waals surface area (Å²) in [5.74, 6) is 2.28. The molecule has 0 radical (unpaired) electrons. The van der Waals surface area contributed by atoms with E-state index in [1.54, 1.807) is 9.80 Å². The lowest BCUT2D eigenvalue weighted by Crippen LogP contribution is -2.36. The Hall–Kier alpha value is -6.04. The molecule has 12 heteroatoms. The molecule has 0 saturated carbocycles. The van der Waals surface area contributed by atoms with Gasteiger partial charge in [-0.3, -0.25) is 9.80 Å². The second-order valence-corrected chi connectivity index (χ2v) is 17.3. The van der Waals surface area contributed by atoms with Crippen LogP contribution < -0.4 is 4.74 Å². The minimum atomic E-state index is -0.569. The largest absolute Gasteiger partial charge is 0.465 e. The van der Waals surface area contributed by atoms with Gasteiger partial charge in [0, 0.05) is 40.7 Å². The molecule has 294 valence electrons. The van der Waals surface area contributed by atoms with Gasteiger partial charge in [0.25, 0.3) is 0 Å². The smallest absolute Gasteiger partial charge is 0.410 e. The van der Waals surface area contributed by atoms with Crippen molar-refractivity contribution in [1.82, 2.24) is 34.3 Å². The zero-order valence-corrected chi connectivity index (χ0v) is 33.3. The number of imidazole rings is 2. The van der Waals surface area contributed by atoms with Crippen molar-refractivity contribution in [3.05, 3.63) is 102 Å². The van der Waals surface area contributed by atoms with E-state index in [1.807, 2.05) is 72.1 Å². The number of nitrogens with one attached hydrogen (secondary N) is 2. The van der Waals surface area contributed by atoms with E-state index in [1.165, 1.54) is 0 Å². The van der Waals surface area contributed by atoms with Crippen LogP contribution in [0.5, 0.6) is 5.75 Å². The predicted molar refractivity (Wildman–Crippen MR) is 218 cm³/mol. The van der Waals surface area contributed by atoms with Crippen LogP contribution in [-0.2, 0) is 9.47 Å². The first-order valence-corrected chi connectivity index (χ1v) is 19.9. The van der Waals surface area contributed by atoms with Crippen molar-refractivity contribution < 1.29 is 23.8 Å². The molecular weight excluding hydrogens is 719 g/mol. The van der Waals surface area contributed by atoms with Crippen molar-refractivity contribution in [2.45, 2.75) is 96.7 Å². The minimum absolute atomic E-state index is 0.160. The van der Waals surface area contributed by atoms with E-state index in [9.17, 15) is 9.59 Å². The molecule has 3 aliphatic rings. The maximum atomic E-state index is 13.0. The van der Waals surface area contributed by atoms with Gasteiger partial charge in [0.05, 0.1) is 47.1 Å². The van der Waals surface area contributed by atoms with Gasteiger partial charge in [-0.25, -0.2) is 19.6 Å². The van der Waals surface area contributed by atoms with Crippen LogP contribution in [0.1, 0.15) is 103 Å². The molecule has 3 atom stereocenters. The Morgan fingerprint density at radius 2 is 1.28 bits per heavy atom. The fourth-order valence-corrected chi connectivity index (χ4v) is 8.36. The van der Waals surface area contributed by atoms with Crippen LogP contribution in [0.3, 0.4) is 0 Å². The van der Waals surface area contributed by atoms with Gasteiger partial charge in [-0.05, 0) is 97.6 Å². The van der Waals surface area contributed by atoms with E-state index < -0.39 is 17.4 Å². The second-order valence-electron chi connectivity index (χ2n) is 17.3. The van der Waals surface area contributed by atoms with Crippen LogP contribution in [0, 0.1) is 0 Å². The normalized spacial score (nSPS) is 19.4. The van der Waals surface area contributed by atoms with Crippen molar-refractivity contribution in [2.24, 2.45) is 0 Å². The number of likely N-dealkylation sites (tertiary alicyclic amines) is 2. The molecule has 57 heavy (non-hydrogen) atoms. The molecule has 12 nitrogen and oxygen atoms in total.